The number of carboxylic acid groups (broad SMARTS) is 2. The first-order valence-corrected chi connectivity index (χ1v) is 10.2. The van der Waals surface area contributed by atoms with Gasteiger partial charge in [-0.05, 0) is 49.7 Å². The first-order valence-electron chi connectivity index (χ1n) is 10.2. The molecule has 1 saturated heterocycles. The molecule has 3 rings (SSSR count). The molecule has 0 radical (unpaired) electrons. The van der Waals surface area contributed by atoms with Crippen molar-refractivity contribution in [1.29, 1.82) is 0 Å². The third-order valence-corrected chi connectivity index (χ3v) is 4.97. The number of carboxylic acids is 2. The monoisotopic (exact) mass is 431 g/mol. The van der Waals surface area contributed by atoms with Gasteiger partial charge in [-0.25, -0.2) is 9.59 Å². The lowest BCUT2D eigenvalue weighted by atomic mass is 9.88. The molecule has 168 valence electrons. The Kier molecular flexibility index (Phi) is 9.42. The van der Waals surface area contributed by atoms with Crippen LogP contribution in [0.2, 0.25) is 0 Å². The van der Waals surface area contributed by atoms with E-state index in [0.29, 0.717) is 13.0 Å². The molecule has 31 heavy (non-hydrogen) atoms. The van der Waals surface area contributed by atoms with E-state index in [9.17, 15) is 4.79 Å². The summed E-state index contributed by atoms with van der Waals surface area (Å²) in [7, 11) is 3.95. The molecule has 2 atom stereocenters. The first kappa shape index (κ1) is 24.3. The van der Waals surface area contributed by atoms with Gasteiger partial charge in [-0.3, -0.25) is 4.79 Å². The number of rotatable bonds is 7. The molecule has 0 spiro atoms. The van der Waals surface area contributed by atoms with Crippen molar-refractivity contribution in [2.24, 2.45) is 0 Å². The summed E-state index contributed by atoms with van der Waals surface area (Å²) in [6.07, 6.45) is 2.93. The molecule has 1 aliphatic heterocycles. The van der Waals surface area contributed by atoms with E-state index < -0.39 is 11.9 Å². The molecule has 2 unspecified atom stereocenters. The van der Waals surface area contributed by atoms with Crippen LogP contribution in [0.5, 0.6) is 0 Å². The van der Waals surface area contributed by atoms with E-state index in [0.717, 1.165) is 42.3 Å². The standard InChI is InChI=1S/C21H27NO3.C2H2O4/c1-22(2)12-14-25-21(23)20(15-17-9-6-13-24-17)19-11-5-8-16-7-3-4-10-18(16)19;3-1(4)2(5)6/h3-5,7-8,10-11,17,20H,6,9,12-15H2,1-2H3;(H,3,4)(H,5,6). The minimum absolute atomic E-state index is 0.144. The van der Waals surface area contributed by atoms with Gasteiger partial charge in [0.15, 0.2) is 0 Å². The van der Waals surface area contributed by atoms with Crippen LogP contribution in [0.25, 0.3) is 10.8 Å². The van der Waals surface area contributed by atoms with Crippen molar-refractivity contribution in [3.05, 3.63) is 48.0 Å². The Morgan fingerprint density at radius 1 is 1.10 bits per heavy atom. The summed E-state index contributed by atoms with van der Waals surface area (Å²) in [5.74, 6) is -4.07. The van der Waals surface area contributed by atoms with Crippen molar-refractivity contribution in [3.8, 4) is 0 Å². The largest absolute Gasteiger partial charge is 0.473 e. The summed E-state index contributed by atoms with van der Waals surface area (Å²) in [4.78, 5) is 33.1. The van der Waals surface area contributed by atoms with E-state index in [4.69, 9.17) is 29.3 Å². The number of aliphatic carboxylic acids is 2. The normalized spacial score (nSPS) is 16.4. The van der Waals surface area contributed by atoms with Crippen LogP contribution in [0.4, 0.5) is 0 Å². The Hall–Kier alpha value is -2.97. The van der Waals surface area contributed by atoms with Gasteiger partial charge in [0, 0.05) is 13.2 Å². The zero-order valence-electron chi connectivity index (χ0n) is 17.8. The van der Waals surface area contributed by atoms with Crippen molar-refractivity contribution in [2.45, 2.75) is 31.3 Å². The molecule has 2 aromatic carbocycles. The fourth-order valence-electron chi connectivity index (χ4n) is 3.43. The fraction of sp³-hybridized carbons (Fsp3) is 0.435. The van der Waals surface area contributed by atoms with Crippen LogP contribution >= 0.6 is 0 Å². The average molecular weight is 431 g/mol. The molecular weight excluding hydrogens is 402 g/mol. The number of ether oxygens (including phenoxy) is 2. The summed E-state index contributed by atoms with van der Waals surface area (Å²) < 4.78 is 11.4. The first-order chi connectivity index (χ1) is 14.8. The second-order valence-corrected chi connectivity index (χ2v) is 7.57. The van der Waals surface area contributed by atoms with E-state index in [1.165, 1.54) is 0 Å². The third-order valence-electron chi connectivity index (χ3n) is 4.97. The Bertz CT molecular complexity index is 873. The smallest absolute Gasteiger partial charge is 0.414 e. The predicted molar refractivity (Wildman–Crippen MR) is 115 cm³/mol. The molecule has 0 aliphatic carbocycles. The predicted octanol–water partition coefficient (Wildman–Crippen LogP) is 2.75. The third kappa shape index (κ3) is 7.66. The van der Waals surface area contributed by atoms with E-state index in [-0.39, 0.29) is 18.0 Å². The second kappa shape index (κ2) is 12.0. The van der Waals surface area contributed by atoms with Gasteiger partial charge in [0.2, 0.25) is 0 Å². The average Bonchev–Trinajstić information content (AvgIpc) is 3.25. The Morgan fingerprint density at radius 2 is 1.77 bits per heavy atom. The molecule has 1 heterocycles. The van der Waals surface area contributed by atoms with Gasteiger partial charge in [-0.1, -0.05) is 42.5 Å². The SMILES string of the molecule is CN(C)CCOC(=O)C(CC1CCCO1)c1cccc2ccccc12.O=C(O)C(=O)O. The van der Waals surface area contributed by atoms with Crippen LogP contribution in [0, 0.1) is 0 Å². The number of carbonyl (C=O) groups is 3. The van der Waals surface area contributed by atoms with Crippen LogP contribution in [-0.2, 0) is 23.9 Å². The van der Waals surface area contributed by atoms with Crippen LogP contribution in [0.1, 0.15) is 30.7 Å². The van der Waals surface area contributed by atoms with Crippen LogP contribution in [0.3, 0.4) is 0 Å². The fourth-order valence-corrected chi connectivity index (χ4v) is 3.43. The number of carbonyl (C=O) groups excluding carboxylic acids is 1. The highest BCUT2D eigenvalue weighted by molar-refractivity contribution is 6.27. The van der Waals surface area contributed by atoms with Crippen LogP contribution in [0.15, 0.2) is 42.5 Å². The number of likely N-dealkylation sites (N-methyl/N-ethyl adjacent to an activating group) is 1. The topological polar surface area (TPSA) is 113 Å². The molecule has 2 N–H and O–H groups in total. The number of esters is 1. The van der Waals surface area contributed by atoms with Crippen LogP contribution < -0.4 is 0 Å². The number of hydrogen-bond acceptors (Lipinski definition) is 6. The van der Waals surface area contributed by atoms with Gasteiger partial charge in [0.25, 0.3) is 0 Å². The van der Waals surface area contributed by atoms with E-state index in [1.54, 1.807) is 0 Å². The zero-order chi connectivity index (χ0) is 22.8. The number of benzene rings is 2. The molecule has 1 fully saturated rings. The van der Waals surface area contributed by atoms with Gasteiger partial charge in [-0.2, -0.15) is 0 Å². The Labute approximate surface area is 181 Å². The molecule has 2 aromatic rings. The highest BCUT2D eigenvalue weighted by Crippen LogP contribution is 2.32. The molecule has 0 aromatic heterocycles. The van der Waals surface area contributed by atoms with Crippen molar-refractivity contribution < 1.29 is 34.1 Å². The number of fused-ring (bicyclic) bond motifs is 1. The number of nitrogens with zero attached hydrogens (tertiary/aromatic N) is 1. The number of hydrogen-bond donors (Lipinski definition) is 2. The lowest BCUT2D eigenvalue weighted by Gasteiger charge is -2.21. The lowest BCUT2D eigenvalue weighted by Crippen LogP contribution is -2.25. The molecule has 8 nitrogen and oxygen atoms in total. The maximum Gasteiger partial charge on any atom is 0.414 e. The minimum atomic E-state index is -1.82. The summed E-state index contributed by atoms with van der Waals surface area (Å²) >= 11 is 0. The molecule has 1 aliphatic rings. The Morgan fingerprint density at radius 3 is 2.39 bits per heavy atom. The zero-order valence-corrected chi connectivity index (χ0v) is 17.8. The van der Waals surface area contributed by atoms with Crippen molar-refractivity contribution in [1.82, 2.24) is 4.90 Å². The Balaban J connectivity index is 0.000000501. The van der Waals surface area contributed by atoms with Gasteiger partial charge in [0.1, 0.15) is 6.61 Å². The molecular formula is C23H29NO7. The molecule has 0 bridgehead atoms. The summed E-state index contributed by atoms with van der Waals surface area (Å²) in [6, 6.07) is 14.4. The van der Waals surface area contributed by atoms with Gasteiger partial charge in [0.05, 0.1) is 12.0 Å². The molecule has 0 saturated carbocycles. The van der Waals surface area contributed by atoms with Crippen molar-refractivity contribution in [2.75, 3.05) is 33.9 Å². The van der Waals surface area contributed by atoms with Gasteiger partial charge in [-0.15, -0.1) is 0 Å². The highest BCUT2D eigenvalue weighted by Gasteiger charge is 2.29. The van der Waals surface area contributed by atoms with Crippen molar-refractivity contribution >= 4 is 28.7 Å². The van der Waals surface area contributed by atoms with E-state index in [2.05, 4.69) is 24.3 Å². The summed E-state index contributed by atoms with van der Waals surface area (Å²) in [6.45, 7) is 1.94. The quantitative estimate of drug-likeness (QED) is 0.508. The molecule has 0 amide bonds. The summed E-state index contributed by atoms with van der Waals surface area (Å²) in [5, 5.41) is 17.1. The van der Waals surface area contributed by atoms with Gasteiger partial charge >= 0.3 is 17.9 Å². The summed E-state index contributed by atoms with van der Waals surface area (Å²) in [5.41, 5.74) is 1.04. The lowest BCUT2D eigenvalue weighted by molar-refractivity contribution is -0.159. The van der Waals surface area contributed by atoms with E-state index >= 15 is 0 Å². The van der Waals surface area contributed by atoms with Crippen molar-refractivity contribution in [3.63, 3.8) is 0 Å². The minimum Gasteiger partial charge on any atom is -0.473 e. The maximum absolute atomic E-state index is 12.9. The molecule has 8 heteroatoms. The maximum atomic E-state index is 12.9. The highest BCUT2D eigenvalue weighted by atomic mass is 16.5. The van der Waals surface area contributed by atoms with Gasteiger partial charge < -0.3 is 24.6 Å². The van der Waals surface area contributed by atoms with E-state index in [1.807, 2.05) is 37.2 Å². The van der Waals surface area contributed by atoms with Crippen LogP contribution in [-0.4, -0.2) is 73.0 Å². The second-order valence-electron chi connectivity index (χ2n) is 7.57.